The first kappa shape index (κ1) is 4.40. The Morgan fingerprint density at radius 3 is 2.00 bits per heavy atom. The summed E-state index contributed by atoms with van der Waals surface area (Å²) in [6, 6.07) is 0. The minimum Gasteiger partial charge on any atom is -0.256 e. The molecule has 1 unspecified atom stereocenters. The standard InChI is InChI=1S/ClH3N2S/c1-4(2)3/h(H3,2,3). The summed E-state index contributed by atoms with van der Waals surface area (Å²) in [5, 5.41) is 4.57. The van der Waals surface area contributed by atoms with Crippen LogP contribution in [-0.2, 0) is 10.1 Å². The minimum absolute atomic E-state index is 1.14. The first-order chi connectivity index (χ1) is 1.73. The van der Waals surface area contributed by atoms with Crippen LogP contribution >= 0.6 is 10.7 Å². The molecule has 0 saturated carbocycles. The smallest absolute Gasteiger partial charge is 0.0576 e. The predicted octanol–water partition coefficient (Wildman–Crippen LogP) is 0.395. The highest BCUT2D eigenvalue weighted by Crippen LogP contribution is 1.69. The molecule has 0 rings (SSSR count). The first-order valence-corrected chi connectivity index (χ1v) is 2.71. The van der Waals surface area contributed by atoms with Gasteiger partial charge in [0.15, 0.2) is 0 Å². The van der Waals surface area contributed by atoms with Gasteiger partial charge in [0, 0.05) is 0 Å². The molecule has 0 spiro atoms. The molecule has 26 valence electrons. The zero-order valence-electron chi connectivity index (χ0n) is 1.86. The Balaban J connectivity index is 2.80. The molecule has 0 aliphatic rings. The third kappa shape index (κ3) is 29.4. The summed E-state index contributed by atoms with van der Waals surface area (Å²) in [6.07, 6.45) is 0. The third-order valence-electron chi connectivity index (χ3n) is 0. The second-order valence-electron chi connectivity index (χ2n) is 0.284. The maximum atomic E-state index is 6.15. The molecule has 0 aliphatic heterocycles. The fraction of sp³-hybridized carbons (Fsp3) is 0. The van der Waals surface area contributed by atoms with Gasteiger partial charge in [-0.3, -0.25) is 9.92 Å². The Kier molecular flexibility index (Phi) is 1.86. The largest absolute Gasteiger partial charge is 0.256 e. The lowest BCUT2D eigenvalue weighted by Gasteiger charge is -1.64. The molecule has 1 atom stereocenters. The SMILES string of the molecule is N=S(N)Cl. The summed E-state index contributed by atoms with van der Waals surface area (Å²) in [5.74, 6) is 0. The Morgan fingerprint density at radius 1 is 2.00 bits per heavy atom. The van der Waals surface area contributed by atoms with Gasteiger partial charge in [-0.25, -0.2) is 0 Å². The Hall–Kier alpha value is 0.400. The van der Waals surface area contributed by atoms with Crippen LogP contribution in [0, 0.1) is 4.78 Å². The number of nitrogens with one attached hydrogen (secondary N) is 1. The van der Waals surface area contributed by atoms with Gasteiger partial charge in [-0.15, -0.1) is 0 Å². The summed E-state index contributed by atoms with van der Waals surface area (Å²) >= 11 is 0. The van der Waals surface area contributed by atoms with Crippen molar-refractivity contribution in [2.45, 2.75) is 0 Å². The number of hydrogen-bond acceptors (Lipinski definition) is 1. The molecule has 0 fully saturated rings. The van der Waals surface area contributed by atoms with Crippen LogP contribution < -0.4 is 5.14 Å². The molecule has 0 aliphatic carbocycles. The zero-order chi connectivity index (χ0) is 3.58. The minimum atomic E-state index is -1.14. The lowest BCUT2D eigenvalue weighted by molar-refractivity contribution is 1.63. The summed E-state index contributed by atoms with van der Waals surface area (Å²) in [7, 11) is 3.61. The highest BCUT2D eigenvalue weighted by Gasteiger charge is 1.54. The van der Waals surface area contributed by atoms with Crippen LogP contribution in [0.25, 0.3) is 0 Å². The van der Waals surface area contributed by atoms with Crippen LogP contribution in [0.15, 0.2) is 0 Å². The monoisotopic (exact) mass is 98.0 g/mol. The quantitative estimate of drug-likeness (QED) is 0.453. The average molecular weight is 98.6 g/mol. The van der Waals surface area contributed by atoms with E-state index in [2.05, 4.69) is 5.14 Å². The van der Waals surface area contributed by atoms with E-state index in [-0.39, 0.29) is 0 Å². The van der Waals surface area contributed by atoms with Crippen molar-refractivity contribution in [3.8, 4) is 0 Å². The second kappa shape index (κ2) is 1.69. The molecule has 0 aromatic rings. The van der Waals surface area contributed by atoms with E-state index in [1.54, 1.807) is 0 Å². The molecular weight excluding hydrogens is 95.5 g/mol. The molecule has 0 aromatic carbocycles. The van der Waals surface area contributed by atoms with Crippen molar-refractivity contribution >= 4 is 20.8 Å². The van der Waals surface area contributed by atoms with E-state index in [4.69, 9.17) is 15.5 Å². The maximum Gasteiger partial charge on any atom is 0.0576 e. The van der Waals surface area contributed by atoms with Crippen molar-refractivity contribution in [3.63, 3.8) is 0 Å². The molecule has 0 amide bonds. The fourth-order valence-electron chi connectivity index (χ4n) is 0. The number of rotatable bonds is 0. The van der Waals surface area contributed by atoms with E-state index < -0.39 is 10.1 Å². The van der Waals surface area contributed by atoms with Crippen molar-refractivity contribution in [1.82, 2.24) is 0 Å². The first-order valence-electron chi connectivity index (χ1n) is 0.594. The highest BCUT2D eigenvalue weighted by atomic mass is 35.7. The van der Waals surface area contributed by atoms with E-state index in [0.717, 1.165) is 0 Å². The molecule has 0 heterocycles. The molecule has 0 saturated heterocycles. The van der Waals surface area contributed by atoms with E-state index in [9.17, 15) is 0 Å². The topological polar surface area (TPSA) is 49.9 Å². The number of halogens is 1. The molecule has 0 radical (unpaired) electrons. The van der Waals surface area contributed by atoms with Crippen molar-refractivity contribution in [3.05, 3.63) is 0 Å². The second-order valence-corrected chi connectivity index (χ2v) is 1.85. The van der Waals surface area contributed by atoms with E-state index in [1.165, 1.54) is 0 Å². The van der Waals surface area contributed by atoms with Crippen LogP contribution in [-0.4, -0.2) is 0 Å². The van der Waals surface area contributed by atoms with Crippen molar-refractivity contribution < 1.29 is 0 Å². The van der Waals surface area contributed by atoms with E-state index in [0.29, 0.717) is 0 Å². The molecular formula is H3ClN2S. The Morgan fingerprint density at radius 2 is 2.00 bits per heavy atom. The summed E-state index contributed by atoms with van der Waals surface area (Å²) in [5.41, 5.74) is 0. The summed E-state index contributed by atoms with van der Waals surface area (Å²) < 4.78 is 6.15. The van der Waals surface area contributed by atoms with Gasteiger partial charge in [-0.05, 0) is 10.7 Å². The van der Waals surface area contributed by atoms with Gasteiger partial charge in [0.25, 0.3) is 0 Å². The van der Waals surface area contributed by atoms with Gasteiger partial charge in [-0.1, -0.05) is 0 Å². The molecule has 4 heavy (non-hydrogen) atoms. The average Bonchev–Trinajstić information content (AvgIpc) is 0.811. The van der Waals surface area contributed by atoms with Gasteiger partial charge in [0.2, 0.25) is 0 Å². The number of hydrogen-bond donors (Lipinski definition) is 2. The lowest BCUT2D eigenvalue weighted by atomic mass is 13.9. The van der Waals surface area contributed by atoms with Gasteiger partial charge in [-0.2, -0.15) is 0 Å². The molecule has 2 nitrogen and oxygen atoms in total. The Bertz CT molecular complexity index is 29.0. The molecule has 3 N–H and O–H groups in total. The van der Waals surface area contributed by atoms with Crippen LogP contribution in [0.1, 0.15) is 0 Å². The van der Waals surface area contributed by atoms with Crippen LogP contribution in [0.4, 0.5) is 0 Å². The molecule has 4 heteroatoms. The normalized spacial score (nSPS) is 15.5. The lowest BCUT2D eigenvalue weighted by Crippen LogP contribution is -1.85. The van der Waals surface area contributed by atoms with Crippen molar-refractivity contribution in [1.29, 1.82) is 4.78 Å². The van der Waals surface area contributed by atoms with Crippen LogP contribution in [0.3, 0.4) is 0 Å². The van der Waals surface area contributed by atoms with Gasteiger partial charge >= 0.3 is 0 Å². The van der Waals surface area contributed by atoms with Gasteiger partial charge in [0.1, 0.15) is 0 Å². The summed E-state index contributed by atoms with van der Waals surface area (Å²) in [4.78, 5) is 0. The van der Waals surface area contributed by atoms with Crippen LogP contribution in [0.5, 0.6) is 0 Å². The van der Waals surface area contributed by atoms with Gasteiger partial charge in [0.05, 0.1) is 10.1 Å². The molecule has 0 bridgehead atoms. The Labute approximate surface area is 31.5 Å². The highest BCUT2D eigenvalue weighted by molar-refractivity contribution is 8.07. The van der Waals surface area contributed by atoms with E-state index >= 15 is 0 Å². The summed E-state index contributed by atoms with van der Waals surface area (Å²) in [6.45, 7) is 0. The van der Waals surface area contributed by atoms with Crippen LogP contribution in [0.2, 0.25) is 0 Å². The maximum absolute atomic E-state index is 6.15. The molecule has 0 aromatic heterocycles. The van der Waals surface area contributed by atoms with Gasteiger partial charge < -0.3 is 0 Å². The van der Waals surface area contributed by atoms with E-state index in [1.807, 2.05) is 0 Å². The van der Waals surface area contributed by atoms with Crippen molar-refractivity contribution in [2.75, 3.05) is 0 Å². The number of nitrogens with two attached hydrogens (primary N) is 1. The van der Waals surface area contributed by atoms with Crippen molar-refractivity contribution in [2.24, 2.45) is 5.14 Å². The predicted molar refractivity (Wildman–Crippen MR) is 20.1 cm³/mol. The third-order valence-corrected chi connectivity index (χ3v) is 0. The zero-order valence-corrected chi connectivity index (χ0v) is 3.44. The fourth-order valence-corrected chi connectivity index (χ4v) is 0.